The standard InChI is InChI=1S/C21H18BrNO5/c1-27-15-6-3-2-5-13(15)18-17-19(25)14-11-12(22)7-8-16(14)28-20(17)21(26)23(18)9-4-10-24/h2-3,5-8,11,18,24H,4,9-10H2,1H3. The van der Waals surface area contributed by atoms with Gasteiger partial charge < -0.3 is 19.2 Å². The fraction of sp³-hybridized carbons (Fsp3) is 0.238. The molecule has 0 spiro atoms. The Morgan fingerprint density at radius 2 is 2.00 bits per heavy atom. The molecule has 1 aliphatic rings. The molecule has 2 heterocycles. The molecule has 0 radical (unpaired) electrons. The minimum Gasteiger partial charge on any atom is -0.496 e. The van der Waals surface area contributed by atoms with Crippen LogP contribution in [-0.2, 0) is 0 Å². The van der Waals surface area contributed by atoms with Crippen LogP contribution in [0.4, 0.5) is 0 Å². The van der Waals surface area contributed by atoms with Gasteiger partial charge in [0.15, 0.2) is 5.43 Å². The van der Waals surface area contributed by atoms with E-state index in [0.29, 0.717) is 40.8 Å². The van der Waals surface area contributed by atoms with Crippen molar-refractivity contribution in [2.75, 3.05) is 20.3 Å². The van der Waals surface area contributed by atoms with E-state index in [4.69, 9.17) is 9.15 Å². The van der Waals surface area contributed by atoms with Crippen LogP contribution >= 0.6 is 15.9 Å². The van der Waals surface area contributed by atoms with Crippen LogP contribution < -0.4 is 10.2 Å². The maximum absolute atomic E-state index is 13.4. The van der Waals surface area contributed by atoms with Crippen molar-refractivity contribution in [3.63, 3.8) is 0 Å². The van der Waals surface area contributed by atoms with Crippen LogP contribution in [0.15, 0.2) is 56.1 Å². The lowest BCUT2D eigenvalue weighted by molar-refractivity contribution is 0.0715. The van der Waals surface area contributed by atoms with Crippen LogP contribution in [0, 0.1) is 0 Å². The van der Waals surface area contributed by atoms with Crippen molar-refractivity contribution >= 4 is 32.8 Å². The summed E-state index contributed by atoms with van der Waals surface area (Å²) in [5, 5.41) is 9.68. The van der Waals surface area contributed by atoms with E-state index >= 15 is 0 Å². The third kappa shape index (κ3) is 2.91. The smallest absolute Gasteiger partial charge is 0.290 e. The molecule has 1 aliphatic heterocycles. The molecule has 2 aromatic carbocycles. The number of halogens is 1. The first kappa shape index (κ1) is 18.7. The first-order valence-corrected chi connectivity index (χ1v) is 9.67. The third-order valence-electron chi connectivity index (χ3n) is 4.92. The van der Waals surface area contributed by atoms with Gasteiger partial charge >= 0.3 is 0 Å². The van der Waals surface area contributed by atoms with Crippen LogP contribution in [0.5, 0.6) is 5.75 Å². The molecule has 144 valence electrons. The van der Waals surface area contributed by atoms with Gasteiger partial charge in [-0.3, -0.25) is 9.59 Å². The van der Waals surface area contributed by atoms with E-state index in [9.17, 15) is 14.7 Å². The van der Waals surface area contributed by atoms with Gasteiger partial charge in [0, 0.05) is 23.2 Å². The number of carbonyl (C=O) groups is 1. The molecule has 7 heteroatoms. The van der Waals surface area contributed by atoms with E-state index in [0.717, 1.165) is 4.47 Å². The molecular formula is C21H18BrNO5. The number of hydrogen-bond donors (Lipinski definition) is 1. The highest BCUT2D eigenvalue weighted by molar-refractivity contribution is 9.10. The summed E-state index contributed by atoms with van der Waals surface area (Å²) >= 11 is 3.38. The number of aliphatic hydroxyl groups excluding tert-OH is 1. The van der Waals surface area contributed by atoms with Crippen molar-refractivity contribution in [3.8, 4) is 5.75 Å². The minimum atomic E-state index is -0.634. The maximum Gasteiger partial charge on any atom is 0.290 e. The molecule has 1 aromatic heterocycles. The number of carbonyl (C=O) groups excluding carboxylic acids is 1. The van der Waals surface area contributed by atoms with Gasteiger partial charge in [0.05, 0.1) is 24.1 Å². The zero-order valence-electron chi connectivity index (χ0n) is 15.1. The Morgan fingerprint density at radius 3 is 2.75 bits per heavy atom. The highest BCUT2D eigenvalue weighted by Gasteiger charge is 2.43. The molecule has 0 fully saturated rings. The molecule has 1 unspecified atom stereocenters. The summed E-state index contributed by atoms with van der Waals surface area (Å²) in [5.41, 5.74) is 1.13. The average Bonchev–Trinajstić information content (AvgIpc) is 2.99. The summed E-state index contributed by atoms with van der Waals surface area (Å²) in [6.07, 6.45) is 0.393. The van der Waals surface area contributed by atoms with Crippen LogP contribution in [-0.4, -0.2) is 36.2 Å². The molecule has 1 atom stereocenters. The summed E-state index contributed by atoms with van der Waals surface area (Å²) in [6, 6.07) is 11.8. The molecule has 1 N–H and O–H groups in total. The highest BCUT2D eigenvalue weighted by atomic mass is 79.9. The van der Waals surface area contributed by atoms with Crippen molar-refractivity contribution in [3.05, 3.63) is 74.0 Å². The summed E-state index contributed by atoms with van der Waals surface area (Å²) < 4.78 is 12.1. The lowest BCUT2D eigenvalue weighted by Gasteiger charge is -2.26. The number of ether oxygens (including phenoxy) is 1. The quantitative estimate of drug-likeness (QED) is 0.652. The zero-order valence-corrected chi connectivity index (χ0v) is 16.7. The first-order valence-electron chi connectivity index (χ1n) is 8.87. The van der Waals surface area contributed by atoms with Crippen LogP contribution in [0.3, 0.4) is 0 Å². The lowest BCUT2D eigenvalue weighted by atomic mass is 9.97. The molecule has 0 bridgehead atoms. The molecule has 4 rings (SSSR count). The molecule has 28 heavy (non-hydrogen) atoms. The Balaban J connectivity index is 2.00. The monoisotopic (exact) mass is 443 g/mol. The van der Waals surface area contributed by atoms with E-state index in [1.54, 1.807) is 36.3 Å². The highest BCUT2D eigenvalue weighted by Crippen LogP contribution is 2.41. The SMILES string of the molecule is COc1ccccc1C1c2c(oc3ccc(Br)cc3c2=O)C(=O)N1CCCO. The molecule has 0 saturated heterocycles. The Hall–Kier alpha value is -2.64. The van der Waals surface area contributed by atoms with Gasteiger partial charge in [-0.2, -0.15) is 0 Å². The maximum atomic E-state index is 13.4. The number of hydrogen-bond acceptors (Lipinski definition) is 5. The molecule has 0 aliphatic carbocycles. The Bertz CT molecular complexity index is 1120. The number of rotatable bonds is 5. The topological polar surface area (TPSA) is 80.0 Å². The van der Waals surface area contributed by atoms with Gasteiger partial charge in [0.2, 0.25) is 5.76 Å². The molecular weight excluding hydrogens is 426 g/mol. The van der Waals surface area contributed by atoms with Crippen molar-refractivity contribution < 1.29 is 19.1 Å². The number of fused-ring (bicyclic) bond motifs is 2. The Kier molecular flexibility index (Phi) is 4.95. The predicted octanol–water partition coefficient (Wildman–Crippen LogP) is 3.49. The third-order valence-corrected chi connectivity index (χ3v) is 5.41. The second-order valence-corrected chi connectivity index (χ2v) is 7.45. The number of methoxy groups -OCH3 is 1. The average molecular weight is 444 g/mol. The van der Waals surface area contributed by atoms with E-state index < -0.39 is 6.04 Å². The van der Waals surface area contributed by atoms with Gasteiger partial charge in [-0.1, -0.05) is 34.1 Å². The number of benzene rings is 2. The zero-order chi connectivity index (χ0) is 19.8. The van der Waals surface area contributed by atoms with E-state index in [1.807, 2.05) is 18.2 Å². The van der Waals surface area contributed by atoms with Crippen LogP contribution in [0.1, 0.15) is 34.1 Å². The van der Waals surface area contributed by atoms with Crippen molar-refractivity contribution in [1.29, 1.82) is 0 Å². The molecule has 1 amide bonds. The van der Waals surface area contributed by atoms with E-state index in [1.165, 1.54) is 0 Å². The summed E-state index contributed by atoms with van der Waals surface area (Å²) in [4.78, 5) is 28.0. The van der Waals surface area contributed by atoms with Crippen molar-refractivity contribution in [2.45, 2.75) is 12.5 Å². The van der Waals surface area contributed by atoms with E-state index in [-0.39, 0.29) is 23.7 Å². The van der Waals surface area contributed by atoms with Gasteiger partial charge in [0.1, 0.15) is 11.3 Å². The van der Waals surface area contributed by atoms with Gasteiger partial charge in [0.25, 0.3) is 5.91 Å². The van der Waals surface area contributed by atoms with E-state index in [2.05, 4.69) is 15.9 Å². The Labute approximate surface area is 169 Å². The van der Waals surface area contributed by atoms with Crippen molar-refractivity contribution in [2.24, 2.45) is 0 Å². The predicted molar refractivity (Wildman–Crippen MR) is 108 cm³/mol. The molecule has 0 saturated carbocycles. The largest absolute Gasteiger partial charge is 0.496 e. The van der Waals surface area contributed by atoms with Gasteiger partial charge in [-0.25, -0.2) is 0 Å². The van der Waals surface area contributed by atoms with Crippen molar-refractivity contribution in [1.82, 2.24) is 4.90 Å². The first-order chi connectivity index (χ1) is 13.6. The minimum absolute atomic E-state index is 0.0497. The normalized spacial score (nSPS) is 15.9. The second kappa shape index (κ2) is 7.41. The molecule has 6 nitrogen and oxygen atoms in total. The fourth-order valence-electron chi connectivity index (χ4n) is 3.68. The number of aliphatic hydroxyl groups is 1. The number of amides is 1. The number of nitrogens with zero attached hydrogens (tertiary/aromatic N) is 1. The summed E-state index contributed by atoms with van der Waals surface area (Å²) in [6.45, 7) is 0.233. The summed E-state index contributed by atoms with van der Waals surface area (Å²) in [5.74, 6) is 0.269. The van der Waals surface area contributed by atoms with Crippen LogP contribution in [0.25, 0.3) is 11.0 Å². The second-order valence-electron chi connectivity index (χ2n) is 6.53. The van der Waals surface area contributed by atoms with Gasteiger partial charge in [-0.15, -0.1) is 0 Å². The molecule has 3 aromatic rings. The number of para-hydroxylation sites is 1. The lowest BCUT2D eigenvalue weighted by Crippen LogP contribution is -2.31. The fourth-order valence-corrected chi connectivity index (χ4v) is 4.04. The van der Waals surface area contributed by atoms with Gasteiger partial charge in [-0.05, 0) is 30.7 Å². The Morgan fingerprint density at radius 1 is 1.21 bits per heavy atom. The van der Waals surface area contributed by atoms with Crippen LogP contribution in [0.2, 0.25) is 0 Å². The summed E-state index contributed by atoms with van der Waals surface area (Å²) in [7, 11) is 1.55.